The van der Waals surface area contributed by atoms with Gasteiger partial charge >= 0.3 is 0 Å². The van der Waals surface area contributed by atoms with E-state index in [-0.39, 0.29) is 0 Å². The fourth-order valence-corrected chi connectivity index (χ4v) is 1.64. The molecular formula is C12H17N7. The van der Waals surface area contributed by atoms with Gasteiger partial charge in [0.05, 0.1) is 12.2 Å². The van der Waals surface area contributed by atoms with Crippen LogP contribution in [0, 0.1) is 6.92 Å². The standard InChI is InChI=1S/C12H17N7/c1-3-10-16-11(8(2)12(17-10)18-13)14-7-9-5-4-6-15-19-9/h4-6H,3,7,13H2,1-2H3,(H2,14,16,17,18). The van der Waals surface area contributed by atoms with E-state index in [0.717, 1.165) is 29.3 Å². The number of nitrogens with two attached hydrogens (primary N) is 1. The highest BCUT2D eigenvalue weighted by Crippen LogP contribution is 2.19. The van der Waals surface area contributed by atoms with Crippen molar-refractivity contribution in [1.29, 1.82) is 0 Å². The van der Waals surface area contributed by atoms with Crippen molar-refractivity contribution in [2.75, 3.05) is 10.7 Å². The molecule has 0 unspecified atom stereocenters. The zero-order valence-electron chi connectivity index (χ0n) is 11.0. The van der Waals surface area contributed by atoms with Gasteiger partial charge in [0, 0.05) is 18.2 Å². The van der Waals surface area contributed by atoms with Gasteiger partial charge in [-0.1, -0.05) is 6.92 Å². The molecule has 2 aromatic rings. The molecular weight excluding hydrogens is 242 g/mol. The molecule has 0 aliphatic carbocycles. The Kier molecular flexibility index (Phi) is 4.19. The molecule has 100 valence electrons. The van der Waals surface area contributed by atoms with Crippen LogP contribution in [0.5, 0.6) is 0 Å². The van der Waals surface area contributed by atoms with Crippen LogP contribution in [-0.2, 0) is 13.0 Å². The lowest BCUT2D eigenvalue weighted by atomic mass is 10.3. The van der Waals surface area contributed by atoms with Gasteiger partial charge in [0.25, 0.3) is 0 Å². The van der Waals surface area contributed by atoms with Crippen molar-refractivity contribution in [3.8, 4) is 0 Å². The Morgan fingerprint density at radius 3 is 2.68 bits per heavy atom. The molecule has 0 aromatic carbocycles. The summed E-state index contributed by atoms with van der Waals surface area (Å²) in [5, 5.41) is 11.1. The molecule has 0 aliphatic heterocycles. The molecule has 0 saturated heterocycles. The van der Waals surface area contributed by atoms with Crippen LogP contribution in [0.1, 0.15) is 24.0 Å². The zero-order chi connectivity index (χ0) is 13.7. The van der Waals surface area contributed by atoms with Crippen LogP contribution in [0.4, 0.5) is 11.6 Å². The molecule has 0 amide bonds. The highest BCUT2D eigenvalue weighted by molar-refractivity contribution is 5.56. The molecule has 0 aliphatic rings. The van der Waals surface area contributed by atoms with Crippen LogP contribution in [0.15, 0.2) is 18.3 Å². The largest absolute Gasteiger partial charge is 0.364 e. The van der Waals surface area contributed by atoms with Gasteiger partial charge in [-0.2, -0.15) is 10.2 Å². The highest BCUT2D eigenvalue weighted by Gasteiger charge is 2.09. The average Bonchev–Trinajstić information content (AvgIpc) is 2.47. The van der Waals surface area contributed by atoms with E-state index in [2.05, 4.69) is 30.9 Å². The molecule has 0 fully saturated rings. The Bertz CT molecular complexity index is 541. The fraction of sp³-hybridized carbons (Fsp3) is 0.333. The van der Waals surface area contributed by atoms with Gasteiger partial charge in [-0.15, -0.1) is 0 Å². The summed E-state index contributed by atoms with van der Waals surface area (Å²) in [5.41, 5.74) is 4.32. The monoisotopic (exact) mass is 259 g/mol. The first-order chi connectivity index (χ1) is 9.24. The van der Waals surface area contributed by atoms with E-state index in [9.17, 15) is 0 Å². The second-order valence-electron chi connectivity index (χ2n) is 4.03. The lowest BCUT2D eigenvalue weighted by Gasteiger charge is -2.12. The van der Waals surface area contributed by atoms with Crippen molar-refractivity contribution in [3.63, 3.8) is 0 Å². The SMILES string of the molecule is CCc1nc(NN)c(C)c(NCc2cccnn2)n1. The molecule has 0 saturated carbocycles. The van der Waals surface area contributed by atoms with Gasteiger partial charge in [0.2, 0.25) is 0 Å². The van der Waals surface area contributed by atoms with Crippen molar-refractivity contribution in [2.24, 2.45) is 5.84 Å². The summed E-state index contributed by atoms with van der Waals surface area (Å²) in [6.45, 7) is 4.46. The van der Waals surface area contributed by atoms with Crippen molar-refractivity contribution in [1.82, 2.24) is 20.2 Å². The third-order valence-corrected chi connectivity index (χ3v) is 2.71. The molecule has 0 spiro atoms. The molecule has 0 bridgehead atoms. The highest BCUT2D eigenvalue weighted by atomic mass is 15.3. The summed E-state index contributed by atoms with van der Waals surface area (Å²) < 4.78 is 0. The van der Waals surface area contributed by atoms with Gasteiger partial charge in [-0.25, -0.2) is 15.8 Å². The smallest absolute Gasteiger partial charge is 0.148 e. The number of hydrogen-bond donors (Lipinski definition) is 3. The average molecular weight is 259 g/mol. The summed E-state index contributed by atoms with van der Waals surface area (Å²) in [4.78, 5) is 8.76. The molecule has 2 rings (SSSR count). The van der Waals surface area contributed by atoms with Gasteiger partial charge < -0.3 is 10.7 Å². The minimum atomic E-state index is 0.554. The molecule has 19 heavy (non-hydrogen) atoms. The lowest BCUT2D eigenvalue weighted by Crippen LogP contribution is -2.15. The summed E-state index contributed by atoms with van der Waals surface area (Å²) in [5.74, 6) is 7.58. The number of anilines is 2. The van der Waals surface area contributed by atoms with Gasteiger partial charge in [0.15, 0.2) is 0 Å². The second kappa shape index (κ2) is 6.05. The number of aryl methyl sites for hydroxylation is 1. The van der Waals surface area contributed by atoms with Crippen molar-refractivity contribution >= 4 is 11.6 Å². The summed E-state index contributed by atoms with van der Waals surface area (Å²) in [6, 6.07) is 3.75. The maximum Gasteiger partial charge on any atom is 0.148 e. The third kappa shape index (κ3) is 3.14. The van der Waals surface area contributed by atoms with Gasteiger partial charge in [0.1, 0.15) is 17.5 Å². The minimum Gasteiger partial charge on any atom is -0.364 e. The van der Waals surface area contributed by atoms with Crippen LogP contribution in [0.3, 0.4) is 0 Å². The van der Waals surface area contributed by atoms with Crippen LogP contribution in [0.2, 0.25) is 0 Å². The number of aromatic nitrogens is 4. The van der Waals surface area contributed by atoms with E-state index in [1.54, 1.807) is 6.20 Å². The number of hydrazine groups is 1. The van der Waals surface area contributed by atoms with E-state index in [0.29, 0.717) is 12.4 Å². The van der Waals surface area contributed by atoms with Crippen LogP contribution < -0.4 is 16.6 Å². The minimum absolute atomic E-state index is 0.554. The number of nitrogens with one attached hydrogen (secondary N) is 2. The topological polar surface area (TPSA) is 102 Å². The van der Waals surface area contributed by atoms with Gasteiger partial charge in [-0.3, -0.25) is 0 Å². The maximum atomic E-state index is 5.46. The van der Waals surface area contributed by atoms with E-state index in [1.165, 1.54) is 0 Å². The molecule has 0 atom stereocenters. The summed E-state index contributed by atoms with van der Waals surface area (Å²) in [6.07, 6.45) is 2.39. The number of nitrogens with zero attached hydrogens (tertiary/aromatic N) is 4. The van der Waals surface area contributed by atoms with E-state index in [1.807, 2.05) is 26.0 Å². The molecule has 2 heterocycles. The Balaban J connectivity index is 2.19. The molecule has 7 nitrogen and oxygen atoms in total. The fourth-order valence-electron chi connectivity index (χ4n) is 1.64. The van der Waals surface area contributed by atoms with Crippen LogP contribution >= 0.6 is 0 Å². The summed E-state index contributed by atoms with van der Waals surface area (Å²) >= 11 is 0. The second-order valence-corrected chi connectivity index (χ2v) is 4.03. The van der Waals surface area contributed by atoms with E-state index < -0.39 is 0 Å². The van der Waals surface area contributed by atoms with Crippen LogP contribution in [-0.4, -0.2) is 20.2 Å². The normalized spacial score (nSPS) is 10.3. The molecule has 2 aromatic heterocycles. The Labute approximate surface area is 111 Å². The predicted molar refractivity (Wildman–Crippen MR) is 73.3 cm³/mol. The van der Waals surface area contributed by atoms with Crippen molar-refractivity contribution in [2.45, 2.75) is 26.8 Å². The Morgan fingerprint density at radius 1 is 1.26 bits per heavy atom. The lowest BCUT2D eigenvalue weighted by molar-refractivity contribution is 0.895. The van der Waals surface area contributed by atoms with Gasteiger partial charge in [-0.05, 0) is 19.1 Å². The first-order valence-corrected chi connectivity index (χ1v) is 6.09. The van der Waals surface area contributed by atoms with E-state index >= 15 is 0 Å². The first kappa shape index (κ1) is 13.2. The Morgan fingerprint density at radius 2 is 2.05 bits per heavy atom. The quantitative estimate of drug-likeness (QED) is 0.544. The molecule has 0 radical (unpaired) electrons. The number of rotatable bonds is 5. The molecule has 4 N–H and O–H groups in total. The van der Waals surface area contributed by atoms with Crippen molar-refractivity contribution < 1.29 is 0 Å². The zero-order valence-corrected chi connectivity index (χ0v) is 11.0. The third-order valence-electron chi connectivity index (χ3n) is 2.71. The maximum absolute atomic E-state index is 5.46. The van der Waals surface area contributed by atoms with E-state index in [4.69, 9.17) is 5.84 Å². The number of nitrogen functional groups attached to an aromatic ring is 1. The molecule has 7 heteroatoms. The van der Waals surface area contributed by atoms with Crippen LogP contribution in [0.25, 0.3) is 0 Å². The van der Waals surface area contributed by atoms with Crippen molar-refractivity contribution in [3.05, 3.63) is 35.4 Å². The Hall–Kier alpha value is -2.28. The predicted octanol–water partition coefficient (Wildman–Crippen LogP) is 1.04. The first-order valence-electron chi connectivity index (χ1n) is 6.09. The number of hydrogen-bond acceptors (Lipinski definition) is 7. The summed E-state index contributed by atoms with van der Waals surface area (Å²) in [7, 11) is 0.